The van der Waals surface area contributed by atoms with Crippen molar-refractivity contribution in [3.63, 3.8) is 0 Å². The summed E-state index contributed by atoms with van der Waals surface area (Å²) in [5.41, 5.74) is 2.09. The lowest BCUT2D eigenvalue weighted by atomic mass is 10.0. The van der Waals surface area contributed by atoms with Gasteiger partial charge in [-0.2, -0.15) is 0 Å². The minimum absolute atomic E-state index is 0.0459. The molecule has 2 aromatic rings. The SMILES string of the molecule is CC(=O)c1ccc(F)c(-c2sccc2C)c1. The maximum atomic E-state index is 13.7. The molecule has 1 aromatic heterocycles. The van der Waals surface area contributed by atoms with Gasteiger partial charge >= 0.3 is 0 Å². The van der Waals surface area contributed by atoms with E-state index in [0.29, 0.717) is 11.1 Å². The lowest BCUT2D eigenvalue weighted by Crippen LogP contribution is -1.94. The second-order valence-electron chi connectivity index (χ2n) is 3.68. The molecule has 0 atom stereocenters. The topological polar surface area (TPSA) is 17.1 Å². The Morgan fingerprint density at radius 2 is 2.06 bits per heavy atom. The van der Waals surface area contributed by atoms with Crippen LogP contribution in [-0.4, -0.2) is 5.78 Å². The van der Waals surface area contributed by atoms with Crippen LogP contribution in [0.1, 0.15) is 22.8 Å². The molecule has 0 fully saturated rings. The smallest absolute Gasteiger partial charge is 0.159 e. The van der Waals surface area contributed by atoms with E-state index in [1.54, 1.807) is 6.07 Å². The summed E-state index contributed by atoms with van der Waals surface area (Å²) < 4.78 is 13.7. The first-order valence-corrected chi connectivity index (χ1v) is 5.82. The molecule has 82 valence electrons. The van der Waals surface area contributed by atoms with E-state index in [0.717, 1.165) is 10.4 Å². The molecule has 1 heterocycles. The Balaban J connectivity index is 2.60. The Hall–Kier alpha value is -1.48. The predicted octanol–water partition coefficient (Wildman–Crippen LogP) is 4.07. The number of hydrogen-bond acceptors (Lipinski definition) is 2. The summed E-state index contributed by atoms with van der Waals surface area (Å²) in [4.78, 5) is 12.1. The molecule has 0 aliphatic heterocycles. The van der Waals surface area contributed by atoms with Crippen LogP contribution in [0.15, 0.2) is 29.6 Å². The number of carbonyl (C=O) groups excluding carboxylic acids is 1. The lowest BCUT2D eigenvalue weighted by Gasteiger charge is -2.04. The van der Waals surface area contributed by atoms with E-state index in [1.807, 2.05) is 18.4 Å². The van der Waals surface area contributed by atoms with Crippen molar-refractivity contribution in [2.45, 2.75) is 13.8 Å². The minimum Gasteiger partial charge on any atom is -0.295 e. The largest absolute Gasteiger partial charge is 0.295 e. The van der Waals surface area contributed by atoms with Crippen LogP contribution in [0.3, 0.4) is 0 Å². The molecule has 0 N–H and O–H groups in total. The van der Waals surface area contributed by atoms with Crippen LogP contribution in [0.25, 0.3) is 10.4 Å². The molecule has 0 aliphatic carbocycles. The zero-order valence-electron chi connectivity index (χ0n) is 9.08. The number of ketones is 1. The summed E-state index contributed by atoms with van der Waals surface area (Å²) in [6.45, 7) is 3.42. The molecule has 0 saturated heterocycles. The van der Waals surface area contributed by atoms with Crippen molar-refractivity contribution in [1.82, 2.24) is 0 Å². The van der Waals surface area contributed by atoms with E-state index >= 15 is 0 Å². The second-order valence-corrected chi connectivity index (χ2v) is 4.60. The Morgan fingerprint density at radius 1 is 1.31 bits per heavy atom. The molecule has 0 unspecified atom stereocenters. The predicted molar refractivity (Wildman–Crippen MR) is 64.5 cm³/mol. The third-order valence-corrected chi connectivity index (χ3v) is 3.53. The van der Waals surface area contributed by atoms with E-state index in [1.165, 1.54) is 30.4 Å². The molecule has 2 rings (SSSR count). The fraction of sp³-hybridized carbons (Fsp3) is 0.154. The highest BCUT2D eigenvalue weighted by molar-refractivity contribution is 7.13. The molecule has 0 aliphatic rings. The van der Waals surface area contributed by atoms with E-state index in [9.17, 15) is 9.18 Å². The van der Waals surface area contributed by atoms with Gasteiger partial charge in [0.15, 0.2) is 5.78 Å². The zero-order chi connectivity index (χ0) is 11.7. The van der Waals surface area contributed by atoms with Crippen LogP contribution >= 0.6 is 11.3 Å². The van der Waals surface area contributed by atoms with Crippen molar-refractivity contribution in [1.29, 1.82) is 0 Å². The van der Waals surface area contributed by atoms with Crippen LogP contribution in [0.4, 0.5) is 4.39 Å². The molecule has 0 amide bonds. The summed E-state index contributed by atoms with van der Waals surface area (Å²) in [7, 11) is 0. The molecule has 1 nitrogen and oxygen atoms in total. The number of rotatable bonds is 2. The van der Waals surface area contributed by atoms with Crippen LogP contribution in [0.2, 0.25) is 0 Å². The number of benzene rings is 1. The molecule has 0 radical (unpaired) electrons. The Kier molecular flexibility index (Phi) is 2.88. The van der Waals surface area contributed by atoms with Gasteiger partial charge in [-0.25, -0.2) is 4.39 Å². The average molecular weight is 234 g/mol. The highest BCUT2D eigenvalue weighted by Gasteiger charge is 2.11. The molecule has 16 heavy (non-hydrogen) atoms. The standard InChI is InChI=1S/C13H11FOS/c1-8-5-6-16-13(8)11-7-10(9(2)15)3-4-12(11)14/h3-7H,1-2H3. The lowest BCUT2D eigenvalue weighted by molar-refractivity contribution is 0.101. The monoisotopic (exact) mass is 234 g/mol. The van der Waals surface area contributed by atoms with E-state index in [-0.39, 0.29) is 11.6 Å². The molecule has 3 heteroatoms. The van der Waals surface area contributed by atoms with Crippen molar-refractivity contribution >= 4 is 17.1 Å². The van der Waals surface area contributed by atoms with Crippen molar-refractivity contribution in [2.24, 2.45) is 0 Å². The minimum atomic E-state index is -0.282. The second kappa shape index (κ2) is 4.18. The maximum Gasteiger partial charge on any atom is 0.159 e. The van der Waals surface area contributed by atoms with Crippen molar-refractivity contribution in [3.8, 4) is 10.4 Å². The number of halogens is 1. The third kappa shape index (κ3) is 1.91. The van der Waals surface area contributed by atoms with E-state index in [4.69, 9.17) is 0 Å². The van der Waals surface area contributed by atoms with Gasteiger partial charge in [0.1, 0.15) is 5.82 Å². The first-order chi connectivity index (χ1) is 7.59. The van der Waals surface area contributed by atoms with Crippen LogP contribution in [-0.2, 0) is 0 Å². The number of hydrogen-bond donors (Lipinski definition) is 0. The number of thiophene rings is 1. The highest BCUT2D eigenvalue weighted by Crippen LogP contribution is 2.31. The van der Waals surface area contributed by atoms with Gasteiger partial charge in [0.25, 0.3) is 0 Å². The van der Waals surface area contributed by atoms with Crippen molar-refractivity contribution in [2.75, 3.05) is 0 Å². The van der Waals surface area contributed by atoms with Crippen LogP contribution in [0, 0.1) is 12.7 Å². The zero-order valence-corrected chi connectivity index (χ0v) is 9.90. The highest BCUT2D eigenvalue weighted by atomic mass is 32.1. The first kappa shape index (κ1) is 11.0. The van der Waals surface area contributed by atoms with E-state index < -0.39 is 0 Å². The van der Waals surface area contributed by atoms with Gasteiger partial charge in [0.05, 0.1) is 0 Å². The van der Waals surface area contributed by atoms with Gasteiger partial charge in [0.2, 0.25) is 0 Å². The fourth-order valence-corrected chi connectivity index (χ4v) is 2.51. The summed E-state index contributed by atoms with van der Waals surface area (Å²) in [6.07, 6.45) is 0. The van der Waals surface area contributed by atoms with Gasteiger partial charge in [-0.05, 0) is 49.1 Å². The fourth-order valence-electron chi connectivity index (χ4n) is 1.57. The molecule has 0 spiro atoms. The summed E-state index contributed by atoms with van der Waals surface area (Å²) in [6, 6.07) is 6.44. The molecule has 0 bridgehead atoms. The van der Waals surface area contributed by atoms with Gasteiger partial charge < -0.3 is 0 Å². The average Bonchev–Trinajstić information content (AvgIpc) is 2.65. The Labute approximate surface area is 97.6 Å². The normalized spacial score (nSPS) is 10.4. The van der Waals surface area contributed by atoms with Gasteiger partial charge in [-0.3, -0.25) is 4.79 Å². The molecular formula is C13H11FOS. The Morgan fingerprint density at radius 3 is 2.62 bits per heavy atom. The number of carbonyl (C=O) groups is 1. The summed E-state index contributed by atoms with van der Waals surface area (Å²) in [5, 5.41) is 1.92. The van der Waals surface area contributed by atoms with Crippen LogP contribution in [0.5, 0.6) is 0 Å². The van der Waals surface area contributed by atoms with Crippen molar-refractivity contribution in [3.05, 3.63) is 46.6 Å². The van der Waals surface area contributed by atoms with Gasteiger partial charge in [-0.15, -0.1) is 11.3 Å². The first-order valence-electron chi connectivity index (χ1n) is 4.94. The van der Waals surface area contributed by atoms with Crippen molar-refractivity contribution < 1.29 is 9.18 Å². The molecule has 1 aromatic carbocycles. The Bertz CT molecular complexity index is 543. The number of Topliss-reactive ketones (excluding diaryl/α,β-unsaturated/α-hetero) is 1. The van der Waals surface area contributed by atoms with Gasteiger partial charge in [0, 0.05) is 16.0 Å². The maximum absolute atomic E-state index is 13.7. The summed E-state index contributed by atoms with van der Waals surface area (Å²) >= 11 is 1.49. The number of aryl methyl sites for hydroxylation is 1. The third-order valence-electron chi connectivity index (χ3n) is 2.48. The molecular weight excluding hydrogens is 223 g/mol. The van der Waals surface area contributed by atoms with Crippen LogP contribution < -0.4 is 0 Å². The van der Waals surface area contributed by atoms with Gasteiger partial charge in [-0.1, -0.05) is 0 Å². The molecule has 0 saturated carbocycles. The summed E-state index contributed by atoms with van der Waals surface area (Å²) in [5.74, 6) is -0.328. The van der Waals surface area contributed by atoms with E-state index in [2.05, 4.69) is 0 Å². The quantitative estimate of drug-likeness (QED) is 0.716.